The molecule has 2 aromatic carbocycles. The first kappa shape index (κ1) is 21.8. The second-order valence-electron chi connectivity index (χ2n) is 6.41. The topological polar surface area (TPSA) is 76.7 Å². The molecular weight excluding hydrogens is 424 g/mol. The third kappa shape index (κ3) is 6.56. The molecule has 2 amide bonds. The minimum Gasteiger partial charge on any atom is -0.492 e. The molecule has 0 radical (unpaired) electrons. The Balaban J connectivity index is 1.82. The van der Waals surface area contributed by atoms with Crippen molar-refractivity contribution in [3.05, 3.63) is 57.6 Å². The summed E-state index contributed by atoms with van der Waals surface area (Å²) in [4.78, 5) is 24.1. The van der Waals surface area contributed by atoms with Gasteiger partial charge in [-0.05, 0) is 66.0 Å². The number of carbonyl (C=O) groups excluding carboxylic acids is 2. The van der Waals surface area contributed by atoms with Crippen LogP contribution in [-0.2, 0) is 4.79 Å². The number of carbonyl (C=O) groups is 2. The molecule has 6 nitrogen and oxygen atoms in total. The first-order valence-electron chi connectivity index (χ1n) is 9.12. The van der Waals surface area contributed by atoms with Gasteiger partial charge in [0, 0.05) is 5.56 Å². The maximum Gasteiger partial charge on any atom is 0.276 e. The molecule has 0 spiro atoms. The molecular formula is C21H25BrN2O4. The summed E-state index contributed by atoms with van der Waals surface area (Å²) in [6.07, 6.45) is 2.01. The van der Waals surface area contributed by atoms with Crippen LogP contribution in [-0.4, -0.2) is 25.0 Å². The van der Waals surface area contributed by atoms with E-state index in [-0.39, 0.29) is 6.61 Å². The van der Waals surface area contributed by atoms with Crippen LogP contribution in [0.1, 0.15) is 41.3 Å². The van der Waals surface area contributed by atoms with E-state index < -0.39 is 11.8 Å². The van der Waals surface area contributed by atoms with E-state index in [1.54, 1.807) is 18.2 Å². The molecule has 7 heteroatoms. The van der Waals surface area contributed by atoms with E-state index in [1.807, 2.05) is 32.0 Å². The maximum absolute atomic E-state index is 12.2. The molecule has 0 saturated carbocycles. The van der Waals surface area contributed by atoms with Gasteiger partial charge >= 0.3 is 0 Å². The van der Waals surface area contributed by atoms with Gasteiger partial charge in [0.05, 0.1) is 11.1 Å². The number of hydrogen-bond acceptors (Lipinski definition) is 4. The molecule has 0 heterocycles. The molecule has 0 aliphatic rings. The summed E-state index contributed by atoms with van der Waals surface area (Å²) in [5.41, 5.74) is 7.19. The number of nitrogens with one attached hydrogen (secondary N) is 2. The van der Waals surface area contributed by atoms with Crippen molar-refractivity contribution >= 4 is 27.7 Å². The fourth-order valence-electron chi connectivity index (χ4n) is 2.42. The van der Waals surface area contributed by atoms with Crippen molar-refractivity contribution < 1.29 is 19.1 Å². The maximum atomic E-state index is 12.2. The predicted octanol–water partition coefficient (Wildman–Crippen LogP) is 4.08. The van der Waals surface area contributed by atoms with Crippen molar-refractivity contribution in [2.45, 2.75) is 33.6 Å². The average Bonchev–Trinajstić information content (AvgIpc) is 2.66. The summed E-state index contributed by atoms with van der Waals surface area (Å²) in [6, 6.07) is 10.7. The molecule has 0 atom stereocenters. The fraction of sp³-hybridized carbons (Fsp3) is 0.333. The minimum atomic E-state index is -0.452. The largest absolute Gasteiger partial charge is 0.492 e. The van der Waals surface area contributed by atoms with Crippen LogP contribution in [0.3, 0.4) is 0 Å². The molecule has 28 heavy (non-hydrogen) atoms. The second-order valence-corrected chi connectivity index (χ2v) is 7.26. The molecule has 0 saturated heterocycles. The summed E-state index contributed by atoms with van der Waals surface area (Å²) in [5, 5.41) is 0. The molecule has 2 rings (SSSR count). The first-order valence-corrected chi connectivity index (χ1v) is 9.91. The van der Waals surface area contributed by atoms with Crippen molar-refractivity contribution in [2.75, 3.05) is 13.2 Å². The highest BCUT2D eigenvalue weighted by molar-refractivity contribution is 9.10. The number of halogens is 1. The van der Waals surface area contributed by atoms with Crippen LogP contribution in [0.4, 0.5) is 0 Å². The summed E-state index contributed by atoms with van der Waals surface area (Å²) in [6.45, 7) is 6.42. The SMILES string of the molecule is CCCCOc1ccc(C(=O)NNC(=O)COc2ccc(C)cc2C)cc1Br. The smallest absolute Gasteiger partial charge is 0.276 e. The standard InChI is InChI=1S/C21H25BrN2O4/c1-4-5-10-27-19-9-7-16(12-17(19)22)21(26)24-23-20(25)13-28-18-8-6-14(2)11-15(18)3/h6-9,11-12H,4-5,10,13H2,1-3H3,(H,23,25)(H,24,26). The van der Waals surface area contributed by atoms with Gasteiger partial charge in [-0.1, -0.05) is 31.0 Å². The summed E-state index contributed by atoms with van der Waals surface area (Å²) in [7, 11) is 0. The van der Waals surface area contributed by atoms with E-state index in [1.165, 1.54) is 0 Å². The number of hydrazine groups is 1. The summed E-state index contributed by atoms with van der Waals surface area (Å²) in [5.74, 6) is 0.429. The zero-order chi connectivity index (χ0) is 20.5. The van der Waals surface area contributed by atoms with Crippen molar-refractivity contribution in [3.8, 4) is 11.5 Å². The normalized spacial score (nSPS) is 10.3. The van der Waals surface area contributed by atoms with Crippen LogP contribution in [0.25, 0.3) is 0 Å². The van der Waals surface area contributed by atoms with Gasteiger partial charge in [0.1, 0.15) is 11.5 Å². The Morgan fingerprint density at radius 1 is 1.00 bits per heavy atom. The van der Waals surface area contributed by atoms with E-state index in [0.717, 1.165) is 24.0 Å². The molecule has 0 aliphatic carbocycles. The average molecular weight is 449 g/mol. The highest BCUT2D eigenvalue weighted by Crippen LogP contribution is 2.26. The Kier molecular flexibility index (Phi) is 8.32. The van der Waals surface area contributed by atoms with Gasteiger partial charge in [-0.25, -0.2) is 0 Å². The quantitative estimate of drug-likeness (QED) is 0.470. The van der Waals surface area contributed by atoms with Gasteiger partial charge in [0.2, 0.25) is 0 Å². The van der Waals surface area contributed by atoms with Crippen molar-refractivity contribution in [2.24, 2.45) is 0 Å². The highest BCUT2D eigenvalue weighted by Gasteiger charge is 2.11. The fourth-order valence-corrected chi connectivity index (χ4v) is 2.92. The van der Waals surface area contributed by atoms with Crippen molar-refractivity contribution in [1.29, 1.82) is 0 Å². The number of rotatable bonds is 8. The van der Waals surface area contributed by atoms with Gasteiger partial charge in [-0.2, -0.15) is 0 Å². The molecule has 0 fully saturated rings. The van der Waals surface area contributed by atoms with Gasteiger partial charge < -0.3 is 9.47 Å². The van der Waals surface area contributed by atoms with E-state index in [4.69, 9.17) is 9.47 Å². The number of amides is 2. The molecule has 150 valence electrons. The van der Waals surface area contributed by atoms with E-state index in [0.29, 0.717) is 28.1 Å². The lowest BCUT2D eigenvalue weighted by Crippen LogP contribution is -2.43. The lowest BCUT2D eigenvalue weighted by Gasteiger charge is -2.12. The minimum absolute atomic E-state index is 0.196. The molecule has 0 unspecified atom stereocenters. The van der Waals surface area contributed by atoms with Gasteiger partial charge in [0.25, 0.3) is 11.8 Å². The van der Waals surface area contributed by atoms with Crippen LogP contribution in [0.5, 0.6) is 11.5 Å². The Morgan fingerprint density at radius 3 is 2.43 bits per heavy atom. The van der Waals surface area contributed by atoms with E-state index in [9.17, 15) is 9.59 Å². The number of benzene rings is 2. The highest BCUT2D eigenvalue weighted by atomic mass is 79.9. The lowest BCUT2D eigenvalue weighted by atomic mass is 10.1. The van der Waals surface area contributed by atoms with Crippen LogP contribution in [0.2, 0.25) is 0 Å². The van der Waals surface area contributed by atoms with Crippen LogP contribution in [0.15, 0.2) is 40.9 Å². The predicted molar refractivity (Wildman–Crippen MR) is 112 cm³/mol. The third-order valence-corrected chi connectivity index (χ3v) is 4.57. The van der Waals surface area contributed by atoms with E-state index in [2.05, 4.69) is 33.7 Å². The van der Waals surface area contributed by atoms with Crippen molar-refractivity contribution in [1.82, 2.24) is 10.9 Å². The Bertz CT molecular complexity index is 839. The molecule has 2 aromatic rings. The molecule has 0 bridgehead atoms. The Morgan fingerprint density at radius 2 is 1.75 bits per heavy atom. The number of unbranched alkanes of at least 4 members (excludes halogenated alkanes) is 1. The van der Waals surface area contributed by atoms with Crippen LogP contribution < -0.4 is 20.3 Å². The monoisotopic (exact) mass is 448 g/mol. The number of hydrogen-bond donors (Lipinski definition) is 2. The number of ether oxygens (including phenoxy) is 2. The van der Waals surface area contributed by atoms with Gasteiger partial charge in [-0.3, -0.25) is 20.4 Å². The number of aryl methyl sites for hydroxylation is 2. The van der Waals surface area contributed by atoms with Crippen molar-refractivity contribution in [3.63, 3.8) is 0 Å². The third-order valence-electron chi connectivity index (χ3n) is 3.95. The first-order chi connectivity index (χ1) is 13.4. The lowest BCUT2D eigenvalue weighted by molar-refractivity contribution is -0.123. The van der Waals surface area contributed by atoms with Gasteiger partial charge in [-0.15, -0.1) is 0 Å². The summed E-state index contributed by atoms with van der Waals surface area (Å²) < 4.78 is 11.8. The van der Waals surface area contributed by atoms with Crippen LogP contribution >= 0.6 is 15.9 Å². The zero-order valence-electron chi connectivity index (χ0n) is 16.3. The molecule has 0 aliphatic heterocycles. The Hall–Kier alpha value is -2.54. The zero-order valence-corrected chi connectivity index (χ0v) is 17.9. The van der Waals surface area contributed by atoms with E-state index >= 15 is 0 Å². The molecule has 0 aromatic heterocycles. The van der Waals surface area contributed by atoms with Gasteiger partial charge in [0.15, 0.2) is 6.61 Å². The molecule has 2 N–H and O–H groups in total. The Labute approximate surface area is 173 Å². The summed E-state index contributed by atoms with van der Waals surface area (Å²) >= 11 is 3.40. The second kappa shape index (κ2) is 10.7. The van der Waals surface area contributed by atoms with Crippen LogP contribution in [0, 0.1) is 13.8 Å².